The molecule has 0 radical (unpaired) electrons. The fourth-order valence-corrected chi connectivity index (χ4v) is 2.75. The molecule has 8 heteroatoms. The molecule has 150 valence electrons. The molecule has 0 aliphatic heterocycles. The van der Waals surface area contributed by atoms with Crippen LogP contribution in [-0.2, 0) is 0 Å². The summed E-state index contributed by atoms with van der Waals surface area (Å²) in [7, 11) is 0. The monoisotopic (exact) mass is 451 g/mol. The molecule has 0 spiro atoms. The third-order valence-electron chi connectivity index (χ3n) is 3.27. The second kappa shape index (κ2) is 17.0. The van der Waals surface area contributed by atoms with Crippen molar-refractivity contribution in [1.82, 2.24) is 4.90 Å². The van der Waals surface area contributed by atoms with E-state index in [1.54, 1.807) is 0 Å². The lowest BCUT2D eigenvalue weighted by molar-refractivity contribution is 0.262. The van der Waals surface area contributed by atoms with Crippen molar-refractivity contribution in [3.63, 3.8) is 0 Å². The van der Waals surface area contributed by atoms with Gasteiger partial charge in [0.1, 0.15) is 0 Å². The van der Waals surface area contributed by atoms with Gasteiger partial charge in [-0.3, -0.25) is 4.90 Å². The van der Waals surface area contributed by atoms with Crippen molar-refractivity contribution in [3.05, 3.63) is 60.7 Å². The minimum atomic E-state index is -0.239. The second-order valence-electron chi connectivity index (χ2n) is 5.22. The summed E-state index contributed by atoms with van der Waals surface area (Å²) in [6.07, 6.45) is 0. The minimum absolute atomic E-state index is 0. The Morgan fingerprint density at radius 3 is 1.33 bits per heavy atom. The predicted octanol–water partition coefficient (Wildman–Crippen LogP) is 5.76. The highest BCUT2D eigenvalue weighted by atomic mass is 35.5. The summed E-state index contributed by atoms with van der Waals surface area (Å²) in [6, 6.07) is 18.4. The molecular weight excluding hydrogens is 428 g/mol. The summed E-state index contributed by atoms with van der Waals surface area (Å²) >= 11 is 16.6. The zero-order chi connectivity index (χ0) is 19.0. The third kappa shape index (κ3) is 12.8. The normalized spacial score (nSPS) is 9.63. The molecule has 4 nitrogen and oxygen atoms in total. The van der Waals surface area contributed by atoms with Crippen LogP contribution in [0.5, 0.6) is 0 Å². The first-order chi connectivity index (χ1) is 12.7. The van der Waals surface area contributed by atoms with Crippen LogP contribution in [0.15, 0.2) is 60.7 Å². The van der Waals surface area contributed by atoms with Crippen molar-refractivity contribution in [2.24, 2.45) is 0 Å². The number of halogens is 4. The van der Waals surface area contributed by atoms with Crippen LogP contribution in [0.2, 0.25) is 0 Å². The first-order valence-electron chi connectivity index (χ1n) is 8.28. The first-order valence-corrected chi connectivity index (χ1v) is 9.88. The average Bonchev–Trinajstić information content (AvgIpc) is 2.64. The van der Waals surface area contributed by atoms with Crippen LogP contribution in [0.25, 0.3) is 0 Å². The topological polar surface area (TPSA) is 44.4 Å². The van der Waals surface area contributed by atoms with E-state index in [9.17, 15) is 4.79 Å². The van der Waals surface area contributed by atoms with Crippen molar-refractivity contribution in [1.29, 1.82) is 0 Å². The van der Waals surface area contributed by atoms with Crippen LogP contribution in [-0.4, -0.2) is 48.2 Å². The highest BCUT2D eigenvalue weighted by molar-refractivity contribution is 6.18. The lowest BCUT2D eigenvalue weighted by atomic mass is 10.3. The molecule has 0 heterocycles. The fourth-order valence-electron chi connectivity index (χ4n) is 2.03. The van der Waals surface area contributed by atoms with Gasteiger partial charge in [-0.1, -0.05) is 36.4 Å². The van der Waals surface area contributed by atoms with Crippen molar-refractivity contribution < 1.29 is 4.79 Å². The molecular formula is C19H25Cl4N3O. The Morgan fingerprint density at radius 1 is 0.704 bits per heavy atom. The van der Waals surface area contributed by atoms with E-state index in [-0.39, 0.29) is 18.4 Å². The standard InChI is InChI=1S/C13H12N2O.C6H12Cl3N.ClH/c16-13(14-11-7-3-1-4-8-11)15-12-9-5-2-6-10-12;7-1-4-10(5-2-8)6-3-9;/h1-10H,(H2,14,15,16);1-6H2;1H. The molecule has 2 aromatic rings. The van der Waals surface area contributed by atoms with Gasteiger partial charge in [0.25, 0.3) is 0 Å². The summed E-state index contributed by atoms with van der Waals surface area (Å²) in [5, 5.41) is 5.48. The van der Waals surface area contributed by atoms with Gasteiger partial charge in [-0.25, -0.2) is 4.79 Å². The maximum atomic E-state index is 11.6. The zero-order valence-corrected chi connectivity index (χ0v) is 18.0. The third-order valence-corrected chi connectivity index (χ3v) is 3.77. The van der Waals surface area contributed by atoms with Crippen LogP contribution in [0.4, 0.5) is 16.2 Å². The number of para-hydroxylation sites is 2. The van der Waals surface area contributed by atoms with Crippen LogP contribution < -0.4 is 10.6 Å². The number of rotatable bonds is 8. The van der Waals surface area contributed by atoms with Gasteiger partial charge < -0.3 is 10.6 Å². The summed E-state index contributed by atoms with van der Waals surface area (Å²) < 4.78 is 0. The minimum Gasteiger partial charge on any atom is -0.308 e. The van der Waals surface area contributed by atoms with Gasteiger partial charge >= 0.3 is 6.03 Å². The number of anilines is 2. The van der Waals surface area contributed by atoms with Crippen molar-refractivity contribution in [2.45, 2.75) is 0 Å². The van der Waals surface area contributed by atoms with E-state index < -0.39 is 0 Å². The Hall–Kier alpha value is -1.17. The number of hydrogen-bond acceptors (Lipinski definition) is 2. The molecule has 0 bridgehead atoms. The van der Waals surface area contributed by atoms with E-state index in [1.807, 2.05) is 60.7 Å². The van der Waals surface area contributed by atoms with Crippen molar-refractivity contribution in [3.8, 4) is 0 Å². The lowest BCUT2D eigenvalue weighted by Gasteiger charge is -2.17. The van der Waals surface area contributed by atoms with Crippen LogP contribution in [0, 0.1) is 0 Å². The number of amides is 2. The molecule has 0 saturated carbocycles. The van der Waals surface area contributed by atoms with Crippen molar-refractivity contribution in [2.75, 3.05) is 47.9 Å². The summed E-state index contributed by atoms with van der Waals surface area (Å²) in [5.41, 5.74) is 1.55. The number of carbonyl (C=O) groups is 1. The Balaban J connectivity index is 0.000000539. The highest BCUT2D eigenvalue weighted by Gasteiger charge is 2.01. The van der Waals surface area contributed by atoms with Crippen LogP contribution in [0.3, 0.4) is 0 Å². The quantitative estimate of drug-likeness (QED) is 0.500. The Kier molecular flexibility index (Phi) is 16.2. The number of urea groups is 1. The van der Waals surface area contributed by atoms with Crippen molar-refractivity contribution >= 4 is 64.6 Å². The highest BCUT2D eigenvalue weighted by Crippen LogP contribution is 2.08. The Bertz CT molecular complexity index is 545. The Labute approximate surface area is 182 Å². The van der Waals surface area contributed by atoms with Gasteiger partial charge in [0.05, 0.1) is 0 Å². The number of carbonyl (C=O) groups excluding carboxylic acids is 1. The molecule has 0 aliphatic carbocycles. The Morgan fingerprint density at radius 2 is 1.04 bits per heavy atom. The number of benzene rings is 2. The summed E-state index contributed by atoms with van der Waals surface area (Å²) in [4.78, 5) is 13.7. The largest absolute Gasteiger partial charge is 0.323 e. The zero-order valence-electron chi connectivity index (χ0n) is 14.9. The molecule has 27 heavy (non-hydrogen) atoms. The first kappa shape index (κ1) is 25.8. The van der Waals surface area contributed by atoms with Gasteiger partial charge in [0, 0.05) is 48.6 Å². The summed E-state index contributed by atoms with van der Waals surface area (Å²) in [5.74, 6) is 1.94. The molecule has 2 rings (SSSR count). The summed E-state index contributed by atoms with van der Waals surface area (Å²) in [6.45, 7) is 2.63. The van der Waals surface area contributed by atoms with Crippen LogP contribution in [0.1, 0.15) is 0 Å². The van der Waals surface area contributed by atoms with E-state index in [0.717, 1.165) is 31.0 Å². The van der Waals surface area contributed by atoms with Crippen LogP contribution >= 0.6 is 47.2 Å². The predicted molar refractivity (Wildman–Crippen MR) is 121 cm³/mol. The second-order valence-corrected chi connectivity index (χ2v) is 6.35. The van der Waals surface area contributed by atoms with Gasteiger partial charge in [0.15, 0.2) is 0 Å². The number of hydrogen-bond donors (Lipinski definition) is 2. The molecule has 0 fully saturated rings. The van der Waals surface area contributed by atoms with Gasteiger partial charge in [0.2, 0.25) is 0 Å². The molecule has 2 aromatic carbocycles. The smallest absolute Gasteiger partial charge is 0.308 e. The number of alkyl halides is 3. The molecule has 0 saturated heterocycles. The van der Waals surface area contributed by atoms with Gasteiger partial charge in [-0.15, -0.1) is 47.2 Å². The van der Waals surface area contributed by atoms with E-state index in [1.165, 1.54) is 0 Å². The molecule has 0 aliphatic rings. The number of nitrogens with one attached hydrogen (secondary N) is 2. The van der Waals surface area contributed by atoms with E-state index in [4.69, 9.17) is 34.8 Å². The molecule has 0 atom stereocenters. The van der Waals surface area contributed by atoms with E-state index in [0.29, 0.717) is 17.6 Å². The molecule has 0 unspecified atom stereocenters. The SMILES string of the molecule is Cl.ClCCN(CCCl)CCCl.O=C(Nc1ccccc1)Nc1ccccc1. The lowest BCUT2D eigenvalue weighted by Crippen LogP contribution is -2.29. The molecule has 0 aromatic heterocycles. The number of nitrogens with zero attached hydrogens (tertiary/aromatic N) is 1. The maximum absolute atomic E-state index is 11.6. The van der Waals surface area contributed by atoms with E-state index in [2.05, 4.69) is 15.5 Å². The maximum Gasteiger partial charge on any atom is 0.323 e. The fraction of sp³-hybridized carbons (Fsp3) is 0.316. The van der Waals surface area contributed by atoms with E-state index >= 15 is 0 Å². The molecule has 2 N–H and O–H groups in total. The molecule has 2 amide bonds. The average molecular weight is 453 g/mol. The van der Waals surface area contributed by atoms with Gasteiger partial charge in [-0.05, 0) is 24.3 Å². The van der Waals surface area contributed by atoms with Gasteiger partial charge in [-0.2, -0.15) is 0 Å².